The van der Waals surface area contributed by atoms with Crippen LogP contribution in [0.5, 0.6) is 0 Å². The first-order valence-corrected chi connectivity index (χ1v) is 4.59. The molecule has 0 aliphatic heterocycles. The molecule has 0 radical (unpaired) electrons. The van der Waals surface area contributed by atoms with Crippen molar-refractivity contribution in [3.8, 4) is 0 Å². The summed E-state index contributed by atoms with van der Waals surface area (Å²) in [7, 11) is 0. The zero-order valence-electron chi connectivity index (χ0n) is 8.18. The molecule has 1 aliphatic rings. The molecular weight excluding hydrogens is 152 g/mol. The fourth-order valence-electron chi connectivity index (χ4n) is 1.33. The van der Waals surface area contributed by atoms with Crippen LogP contribution >= 0.6 is 0 Å². The van der Waals surface area contributed by atoms with Crippen molar-refractivity contribution in [1.29, 1.82) is 0 Å². The monoisotopic (exact) mass is 170 g/mol. The predicted octanol–water partition coefficient (Wildman–Crippen LogP) is 1.91. The molecule has 2 heteroatoms. The maximum atomic E-state index is 11.5. The van der Waals surface area contributed by atoms with Gasteiger partial charge in [0.1, 0.15) is 5.78 Å². The van der Waals surface area contributed by atoms with Gasteiger partial charge in [0.25, 0.3) is 0 Å². The number of carbonyl (C=O) groups is 1. The van der Waals surface area contributed by atoms with Crippen LogP contribution in [0.25, 0.3) is 0 Å². The molecule has 0 aromatic rings. The minimum Gasteiger partial charge on any atom is -0.389 e. The Bertz CT molecular complexity index is 185. The Kier molecular flexibility index (Phi) is 2.30. The smallest absolute Gasteiger partial charge is 0.141 e. The summed E-state index contributed by atoms with van der Waals surface area (Å²) in [5, 5.41) is 9.72. The molecule has 1 fully saturated rings. The Hall–Kier alpha value is -0.370. The molecule has 70 valence electrons. The van der Waals surface area contributed by atoms with E-state index in [2.05, 4.69) is 0 Å². The van der Waals surface area contributed by atoms with Gasteiger partial charge in [-0.25, -0.2) is 0 Å². The van der Waals surface area contributed by atoms with Crippen LogP contribution < -0.4 is 0 Å². The van der Waals surface area contributed by atoms with Gasteiger partial charge in [-0.05, 0) is 19.3 Å². The number of carbonyl (C=O) groups excluding carboxylic acids is 1. The second-order valence-electron chi connectivity index (χ2n) is 4.93. The van der Waals surface area contributed by atoms with E-state index in [9.17, 15) is 9.90 Å². The van der Waals surface area contributed by atoms with E-state index >= 15 is 0 Å². The summed E-state index contributed by atoms with van der Waals surface area (Å²) in [5.74, 6) is 0.171. The highest BCUT2D eigenvalue weighted by Gasteiger charge is 2.38. The highest BCUT2D eigenvalue weighted by Crippen LogP contribution is 2.36. The second kappa shape index (κ2) is 2.84. The van der Waals surface area contributed by atoms with Crippen molar-refractivity contribution in [3.63, 3.8) is 0 Å². The van der Waals surface area contributed by atoms with E-state index in [0.717, 1.165) is 19.3 Å². The SMILES string of the molecule is CC(C)(C)C(=O)CC1(O)CCC1. The Morgan fingerprint density at radius 2 is 1.92 bits per heavy atom. The van der Waals surface area contributed by atoms with Crippen LogP contribution in [-0.4, -0.2) is 16.5 Å². The van der Waals surface area contributed by atoms with Crippen LogP contribution in [0.15, 0.2) is 0 Å². The number of Topliss-reactive ketones (excluding diaryl/α,β-unsaturated/α-hetero) is 1. The Morgan fingerprint density at radius 1 is 1.42 bits per heavy atom. The average Bonchev–Trinajstić information content (AvgIpc) is 1.82. The molecule has 0 saturated heterocycles. The molecule has 0 aromatic heterocycles. The van der Waals surface area contributed by atoms with Gasteiger partial charge in [0, 0.05) is 11.8 Å². The van der Waals surface area contributed by atoms with Crippen LogP contribution in [0.3, 0.4) is 0 Å². The van der Waals surface area contributed by atoms with Gasteiger partial charge in [-0.15, -0.1) is 0 Å². The Morgan fingerprint density at radius 3 is 2.17 bits per heavy atom. The van der Waals surface area contributed by atoms with Gasteiger partial charge < -0.3 is 5.11 Å². The fourth-order valence-corrected chi connectivity index (χ4v) is 1.33. The van der Waals surface area contributed by atoms with Gasteiger partial charge in [0.05, 0.1) is 5.60 Å². The van der Waals surface area contributed by atoms with Gasteiger partial charge in [-0.2, -0.15) is 0 Å². The maximum Gasteiger partial charge on any atom is 0.141 e. The van der Waals surface area contributed by atoms with Crippen molar-refractivity contribution in [3.05, 3.63) is 0 Å². The Labute approximate surface area is 74.0 Å². The van der Waals surface area contributed by atoms with Crippen molar-refractivity contribution in [2.75, 3.05) is 0 Å². The summed E-state index contributed by atoms with van der Waals surface area (Å²) in [6.45, 7) is 5.70. The van der Waals surface area contributed by atoms with Gasteiger partial charge in [-0.1, -0.05) is 20.8 Å². The van der Waals surface area contributed by atoms with E-state index in [1.165, 1.54) is 0 Å². The molecular formula is C10H18O2. The lowest BCUT2D eigenvalue weighted by molar-refractivity contribution is -0.135. The predicted molar refractivity (Wildman–Crippen MR) is 47.9 cm³/mol. The van der Waals surface area contributed by atoms with E-state index < -0.39 is 5.60 Å². The summed E-state index contributed by atoms with van der Waals surface area (Å²) < 4.78 is 0. The minimum atomic E-state index is -0.648. The third-order valence-corrected chi connectivity index (χ3v) is 2.61. The van der Waals surface area contributed by atoms with Gasteiger partial charge in [-0.3, -0.25) is 4.79 Å². The van der Waals surface area contributed by atoms with E-state index in [-0.39, 0.29) is 11.2 Å². The molecule has 0 atom stereocenters. The first-order chi connectivity index (χ1) is 5.33. The lowest BCUT2D eigenvalue weighted by Crippen LogP contribution is -2.41. The third kappa shape index (κ3) is 2.07. The summed E-state index contributed by atoms with van der Waals surface area (Å²) in [6, 6.07) is 0. The number of ketones is 1. The quantitative estimate of drug-likeness (QED) is 0.687. The average molecular weight is 170 g/mol. The third-order valence-electron chi connectivity index (χ3n) is 2.61. The van der Waals surface area contributed by atoms with E-state index in [4.69, 9.17) is 0 Å². The molecule has 1 aliphatic carbocycles. The minimum absolute atomic E-state index is 0.171. The van der Waals surface area contributed by atoms with E-state index in [0.29, 0.717) is 6.42 Å². The van der Waals surface area contributed by atoms with E-state index in [1.807, 2.05) is 20.8 Å². The molecule has 1 N–H and O–H groups in total. The topological polar surface area (TPSA) is 37.3 Å². The van der Waals surface area contributed by atoms with Crippen molar-refractivity contribution in [2.45, 2.75) is 52.1 Å². The Balaban J connectivity index is 2.46. The zero-order chi connectivity index (χ0) is 9.41. The van der Waals surface area contributed by atoms with Crippen molar-refractivity contribution in [1.82, 2.24) is 0 Å². The van der Waals surface area contributed by atoms with Gasteiger partial charge in [0.2, 0.25) is 0 Å². The maximum absolute atomic E-state index is 11.5. The largest absolute Gasteiger partial charge is 0.389 e. The molecule has 0 bridgehead atoms. The normalized spacial score (nSPS) is 21.7. The molecule has 0 aromatic carbocycles. The van der Waals surface area contributed by atoms with Crippen molar-refractivity contribution in [2.24, 2.45) is 5.41 Å². The van der Waals surface area contributed by atoms with Crippen LogP contribution in [-0.2, 0) is 4.79 Å². The summed E-state index contributed by atoms with van der Waals surface area (Å²) in [4.78, 5) is 11.5. The summed E-state index contributed by atoms with van der Waals surface area (Å²) in [6.07, 6.45) is 3.01. The van der Waals surface area contributed by atoms with Gasteiger partial charge in [0.15, 0.2) is 0 Å². The highest BCUT2D eigenvalue weighted by atomic mass is 16.3. The fraction of sp³-hybridized carbons (Fsp3) is 0.900. The standard InChI is InChI=1S/C10H18O2/c1-9(2,3)8(11)7-10(12)5-4-6-10/h12H,4-7H2,1-3H3. The first kappa shape index (κ1) is 9.72. The van der Waals surface area contributed by atoms with Crippen LogP contribution in [0, 0.1) is 5.41 Å². The van der Waals surface area contributed by atoms with E-state index in [1.54, 1.807) is 0 Å². The number of rotatable bonds is 2. The molecule has 0 spiro atoms. The molecule has 1 saturated carbocycles. The molecule has 12 heavy (non-hydrogen) atoms. The first-order valence-electron chi connectivity index (χ1n) is 4.59. The molecule has 0 heterocycles. The van der Waals surface area contributed by atoms with Crippen molar-refractivity contribution < 1.29 is 9.90 Å². The summed E-state index contributed by atoms with van der Waals surface area (Å²) >= 11 is 0. The molecule has 0 unspecified atom stereocenters. The molecule has 2 nitrogen and oxygen atoms in total. The highest BCUT2D eigenvalue weighted by molar-refractivity contribution is 5.84. The number of hydrogen-bond donors (Lipinski definition) is 1. The number of hydrogen-bond acceptors (Lipinski definition) is 2. The zero-order valence-corrected chi connectivity index (χ0v) is 8.18. The van der Waals surface area contributed by atoms with Crippen LogP contribution in [0.1, 0.15) is 46.5 Å². The van der Waals surface area contributed by atoms with Crippen LogP contribution in [0.4, 0.5) is 0 Å². The lowest BCUT2D eigenvalue weighted by atomic mass is 9.73. The van der Waals surface area contributed by atoms with Crippen molar-refractivity contribution >= 4 is 5.78 Å². The molecule has 0 amide bonds. The molecule has 1 rings (SSSR count). The lowest BCUT2D eigenvalue weighted by Gasteiger charge is -2.37. The number of aliphatic hydroxyl groups is 1. The van der Waals surface area contributed by atoms with Crippen LogP contribution in [0.2, 0.25) is 0 Å². The second-order valence-corrected chi connectivity index (χ2v) is 4.93. The summed E-state index contributed by atoms with van der Waals surface area (Å²) in [5.41, 5.74) is -0.949. The van der Waals surface area contributed by atoms with Gasteiger partial charge >= 0.3 is 0 Å².